The van der Waals surface area contributed by atoms with Gasteiger partial charge in [0.15, 0.2) is 0 Å². The molecule has 0 spiro atoms. The molecule has 1 amide bonds. The van der Waals surface area contributed by atoms with Gasteiger partial charge in [-0.2, -0.15) is 0 Å². The topological polar surface area (TPSA) is 32.3 Å². The fourth-order valence-corrected chi connectivity index (χ4v) is 2.73. The number of carbonyl (C=O) groups excluding carboxylic acids is 1. The number of halogens is 2. The second-order valence-electron chi connectivity index (χ2n) is 6.03. The highest BCUT2D eigenvalue weighted by Crippen LogP contribution is 2.31. The number of carbonyl (C=O) groups is 1. The number of hydrogen-bond donors (Lipinski definition) is 1. The third-order valence-electron chi connectivity index (χ3n) is 4.42. The van der Waals surface area contributed by atoms with E-state index in [4.69, 9.17) is 0 Å². The Hall–Kier alpha value is -1.13. The second kappa shape index (κ2) is 6.75. The van der Waals surface area contributed by atoms with Gasteiger partial charge in [0.05, 0.1) is 0 Å². The van der Waals surface area contributed by atoms with E-state index in [1.165, 1.54) is 12.1 Å². The molecular weight excluding hydrogens is 291 g/mol. The van der Waals surface area contributed by atoms with E-state index in [2.05, 4.69) is 5.32 Å². The summed E-state index contributed by atoms with van der Waals surface area (Å²) in [6, 6.07) is 6.93. The Morgan fingerprint density at radius 3 is 2.67 bits per heavy atom. The Balaban J connectivity index is 0.00000161. The van der Waals surface area contributed by atoms with E-state index < -0.39 is 0 Å². The molecule has 3 rings (SSSR count). The predicted octanol–water partition coefficient (Wildman–Crippen LogP) is 2.59. The van der Waals surface area contributed by atoms with E-state index in [1.807, 2.05) is 17.9 Å². The minimum absolute atomic E-state index is 0. The van der Waals surface area contributed by atoms with Crippen molar-refractivity contribution in [1.29, 1.82) is 0 Å². The highest BCUT2D eigenvalue weighted by Gasteiger charge is 2.38. The molecule has 2 aliphatic rings. The highest BCUT2D eigenvalue weighted by molar-refractivity contribution is 5.85. The molecule has 1 aliphatic heterocycles. The van der Waals surface area contributed by atoms with Crippen LogP contribution in [0.5, 0.6) is 0 Å². The van der Waals surface area contributed by atoms with Crippen molar-refractivity contribution in [3.8, 4) is 0 Å². The van der Waals surface area contributed by atoms with Gasteiger partial charge in [-0.15, -0.1) is 12.4 Å². The number of amides is 1. The van der Waals surface area contributed by atoms with E-state index in [0.717, 1.165) is 31.5 Å². The molecule has 0 aromatic heterocycles. The summed E-state index contributed by atoms with van der Waals surface area (Å²) in [6.45, 7) is 4.43. The Labute approximate surface area is 131 Å². The number of nitrogens with zero attached hydrogens (tertiary/aromatic N) is 1. The van der Waals surface area contributed by atoms with Gasteiger partial charge in [0.1, 0.15) is 5.82 Å². The van der Waals surface area contributed by atoms with Crippen LogP contribution in [-0.2, 0) is 11.3 Å². The average molecular weight is 313 g/mol. The lowest BCUT2D eigenvalue weighted by molar-refractivity contribution is -0.138. The molecule has 116 valence electrons. The molecule has 2 fully saturated rings. The van der Waals surface area contributed by atoms with E-state index in [9.17, 15) is 9.18 Å². The molecule has 1 unspecified atom stereocenters. The summed E-state index contributed by atoms with van der Waals surface area (Å²) in [7, 11) is 0. The van der Waals surface area contributed by atoms with Crippen LogP contribution in [-0.4, -0.2) is 29.9 Å². The molecule has 21 heavy (non-hydrogen) atoms. The first-order chi connectivity index (χ1) is 9.65. The number of nitrogens with one attached hydrogen (secondary N) is 1. The summed E-state index contributed by atoms with van der Waals surface area (Å²) in [5.74, 6) is 0.506. The van der Waals surface area contributed by atoms with Crippen molar-refractivity contribution in [2.24, 2.45) is 11.8 Å². The van der Waals surface area contributed by atoms with E-state index in [-0.39, 0.29) is 30.0 Å². The Bertz CT molecular complexity index is 503. The van der Waals surface area contributed by atoms with Crippen molar-refractivity contribution in [1.82, 2.24) is 10.2 Å². The molecule has 1 saturated carbocycles. The number of hydrogen-bond acceptors (Lipinski definition) is 2. The summed E-state index contributed by atoms with van der Waals surface area (Å²) < 4.78 is 13.3. The van der Waals surface area contributed by atoms with E-state index >= 15 is 0 Å². The maximum atomic E-state index is 13.3. The van der Waals surface area contributed by atoms with Crippen LogP contribution in [0.2, 0.25) is 0 Å². The van der Waals surface area contributed by atoms with Gasteiger partial charge in [-0.05, 0) is 49.5 Å². The molecule has 1 aromatic rings. The smallest absolute Gasteiger partial charge is 0.226 e. The third-order valence-corrected chi connectivity index (χ3v) is 4.42. The lowest BCUT2D eigenvalue weighted by Crippen LogP contribution is -2.50. The molecule has 1 aromatic carbocycles. The van der Waals surface area contributed by atoms with Gasteiger partial charge in [0, 0.05) is 18.5 Å². The molecule has 1 saturated heterocycles. The predicted molar refractivity (Wildman–Crippen MR) is 82.7 cm³/mol. The lowest BCUT2D eigenvalue weighted by atomic mass is 9.88. The zero-order chi connectivity index (χ0) is 14.1. The average Bonchev–Trinajstić information content (AvgIpc) is 3.17. The molecule has 3 nitrogen and oxygen atoms in total. The van der Waals surface area contributed by atoms with Gasteiger partial charge in [0.25, 0.3) is 0 Å². The number of rotatable bonds is 5. The van der Waals surface area contributed by atoms with Crippen LogP contribution in [0.1, 0.15) is 25.3 Å². The normalized spacial score (nSPS) is 19.3. The summed E-state index contributed by atoms with van der Waals surface area (Å²) in [5, 5.41) is 3.22. The minimum Gasteiger partial charge on any atom is -0.335 e. The Morgan fingerprint density at radius 2 is 2.14 bits per heavy atom. The van der Waals surface area contributed by atoms with Gasteiger partial charge in [-0.1, -0.05) is 19.1 Å². The van der Waals surface area contributed by atoms with Crippen LogP contribution in [0.15, 0.2) is 24.3 Å². The molecule has 0 radical (unpaired) electrons. The largest absolute Gasteiger partial charge is 0.335 e. The van der Waals surface area contributed by atoms with Crippen molar-refractivity contribution in [2.75, 3.05) is 13.1 Å². The van der Waals surface area contributed by atoms with Crippen LogP contribution in [0, 0.1) is 17.7 Å². The zero-order valence-electron chi connectivity index (χ0n) is 12.2. The van der Waals surface area contributed by atoms with Gasteiger partial charge in [-0.3, -0.25) is 4.79 Å². The summed E-state index contributed by atoms with van der Waals surface area (Å²) in [4.78, 5) is 14.6. The fraction of sp³-hybridized carbons (Fsp3) is 0.562. The second-order valence-corrected chi connectivity index (χ2v) is 6.03. The van der Waals surface area contributed by atoms with Gasteiger partial charge >= 0.3 is 0 Å². The first kappa shape index (κ1) is 16.2. The fourth-order valence-electron chi connectivity index (χ4n) is 2.73. The minimum atomic E-state index is -0.234. The van der Waals surface area contributed by atoms with Crippen molar-refractivity contribution in [3.63, 3.8) is 0 Å². The first-order valence-electron chi connectivity index (χ1n) is 7.41. The van der Waals surface area contributed by atoms with Crippen molar-refractivity contribution in [2.45, 2.75) is 32.4 Å². The Morgan fingerprint density at radius 1 is 1.43 bits per heavy atom. The summed E-state index contributed by atoms with van der Waals surface area (Å²) in [5.41, 5.74) is 0.879. The third kappa shape index (κ3) is 3.74. The maximum absolute atomic E-state index is 13.3. The van der Waals surface area contributed by atoms with Crippen molar-refractivity contribution < 1.29 is 9.18 Å². The van der Waals surface area contributed by atoms with Crippen LogP contribution in [0.25, 0.3) is 0 Å². The van der Waals surface area contributed by atoms with Crippen LogP contribution < -0.4 is 5.32 Å². The van der Waals surface area contributed by atoms with Crippen LogP contribution >= 0.6 is 12.4 Å². The summed E-state index contributed by atoms with van der Waals surface area (Å²) >= 11 is 0. The Kier molecular flexibility index (Phi) is 5.22. The van der Waals surface area contributed by atoms with E-state index in [1.54, 1.807) is 6.07 Å². The van der Waals surface area contributed by atoms with Crippen molar-refractivity contribution in [3.05, 3.63) is 35.6 Å². The molecule has 5 heteroatoms. The molecule has 1 aliphatic carbocycles. The standard InChI is InChI=1S/C16H21FN2O.ClH/c1-11(13-8-18-9-13)16(20)19(15-5-6-15)10-12-3-2-4-14(17)7-12;/h2-4,7,11,13,15,18H,5-6,8-10H2,1H3;1H. The highest BCUT2D eigenvalue weighted by atomic mass is 35.5. The molecular formula is C16H22ClFN2O. The molecule has 1 heterocycles. The monoisotopic (exact) mass is 312 g/mol. The van der Waals surface area contributed by atoms with Crippen molar-refractivity contribution >= 4 is 18.3 Å². The zero-order valence-corrected chi connectivity index (χ0v) is 13.0. The SMILES string of the molecule is CC(C(=O)N(Cc1cccc(F)c1)C1CC1)C1CNC1.Cl. The lowest BCUT2D eigenvalue weighted by Gasteiger charge is -2.35. The van der Waals surface area contributed by atoms with Gasteiger partial charge in [0.2, 0.25) is 5.91 Å². The van der Waals surface area contributed by atoms with Crippen LogP contribution in [0.4, 0.5) is 4.39 Å². The van der Waals surface area contributed by atoms with E-state index in [0.29, 0.717) is 18.5 Å². The summed E-state index contributed by atoms with van der Waals surface area (Å²) in [6.07, 6.45) is 2.16. The number of benzene rings is 1. The van der Waals surface area contributed by atoms with Gasteiger partial charge in [-0.25, -0.2) is 4.39 Å². The first-order valence-corrected chi connectivity index (χ1v) is 7.41. The molecule has 0 bridgehead atoms. The molecule has 1 atom stereocenters. The molecule has 1 N–H and O–H groups in total. The maximum Gasteiger partial charge on any atom is 0.226 e. The quantitative estimate of drug-likeness (QED) is 0.906. The van der Waals surface area contributed by atoms with Crippen LogP contribution in [0.3, 0.4) is 0 Å². The van der Waals surface area contributed by atoms with Gasteiger partial charge < -0.3 is 10.2 Å².